The van der Waals surface area contributed by atoms with Crippen LogP contribution in [0.15, 0.2) is 24.3 Å². The summed E-state index contributed by atoms with van der Waals surface area (Å²) < 4.78 is 15.1. The minimum absolute atomic E-state index is 0.211. The fraction of sp³-hybridized carbons (Fsp3) is 0.429. The van der Waals surface area contributed by atoms with Crippen molar-refractivity contribution in [2.75, 3.05) is 18.5 Å². The maximum Gasteiger partial charge on any atom is 0.513 e. The Hall–Kier alpha value is -3.56. The summed E-state index contributed by atoms with van der Waals surface area (Å²) in [7, 11) is 0. The highest BCUT2D eigenvalue weighted by Crippen LogP contribution is 2.25. The van der Waals surface area contributed by atoms with E-state index < -0.39 is 11.8 Å². The van der Waals surface area contributed by atoms with E-state index in [1.165, 1.54) is 24.3 Å². The number of ether oxygens (including phenoxy) is 3. The Morgan fingerprint density at radius 1 is 1.19 bits per heavy atom. The van der Waals surface area contributed by atoms with Crippen LogP contribution in [-0.4, -0.2) is 52.0 Å². The number of amides is 2. The molecule has 0 saturated heterocycles. The van der Waals surface area contributed by atoms with Crippen LogP contribution in [0.5, 0.6) is 5.75 Å². The van der Waals surface area contributed by atoms with Gasteiger partial charge in [0, 0.05) is 17.7 Å². The molecule has 2 heterocycles. The van der Waals surface area contributed by atoms with Gasteiger partial charge in [-0.1, -0.05) is 0 Å². The van der Waals surface area contributed by atoms with Gasteiger partial charge in [-0.25, -0.2) is 9.59 Å². The highest BCUT2D eigenvalue weighted by atomic mass is 16.7. The van der Waals surface area contributed by atoms with Crippen molar-refractivity contribution in [2.24, 2.45) is 0 Å². The summed E-state index contributed by atoms with van der Waals surface area (Å²) in [5.41, 5.74) is 1.42. The molecule has 1 aromatic carbocycles. The number of hydrogen-bond donors (Lipinski definition) is 2. The van der Waals surface area contributed by atoms with Crippen molar-refractivity contribution in [3.05, 3.63) is 41.1 Å². The van der Waals surface area contributed by atoms with Crippen LogP contribution in [0.2, 0.25) is 0 Å². The highest BCUT2D eigenvalue weighted by Gasteiger charge is 2.28. The molecule has 0 radical (unpaired) electrons. The van der Waals surface area contributed by atoms with Crippen LogP contribution < -0.4 is 10.1 Å². The lowest BCUT2D eigenvalue weighted by molar-refractivity contribution is 0.0221. The summed E-state index contributed by atoms with van der Waals surface area (Å²) in [6, 6.07) is 6.08. The Labute approximate surface area is 179 Å². The van der Waals surface area contributed by atoms with Crippen molar-refractivity contribution in [1.82, 2.24) is 15.1 Å². The molecule has 2 N–H and O–H groups in total. The standard InChI is InChI=1S/C21H26N4O6/c1-5-29-20(28)30-14-8-6-13(7-9-14)18(26)22-17-15-10-11-25(12-16(15)23-24-17)19(27)31-21(2,3)4/h6-9H,5,10-12H2,1-4H3,(H2,22,23,24,26). The maximum absolute atomic E-state index is 12.6. The molecule has 0 spiro atoms. The second kappa shape index (κ2) is 9.07. The van der Waals surface area contributed by atoms with E-state index in [1.54, 1.807) is 11.8 Å². The van der Waals surface area contributed by atoms with Crippen LogP contribution in [0.1, 0.15) is 49.3 Å². The molecular formula is C21H26N4O6. The van der Waals surface area contributed by atoms with Gasteiger partial charge in [-0.2, -0.15) is 5.10 Å². The minimum atomic E-state index is -0.803. The van der Waals surface area contributed by atoms with Crippen molar-refractivity contribution in [1.29, 1.82) is 0 Å². The van der Waals surface area contributed by atoms with E-state index in [-0.39, 0.29) is 24.4 Å². The highest BCUT2D eigenvalue weighted by molar-refractivity contribution is 6.04. The monoisotopic (exact) mass is 430 g/mol. The number of benzene rings is 1. The normalized spacial score (nSPS) is 13.2. The first kappa shape index (κ1) is 22.1. The number of H-pyrrole nitrogens is 1. The Bertz CT molecular complexity index is 961. The van der Waals surface area contributed by atoms with Gasteiger partial charge in [0.05, 0.1) is 18.8 Å². The van der Waals surface area contributed by atoms with Crippen LogP contribution in [0, 0.1) is 0 Å². The molecule has 3 rings (SSSR count). The van der Waals surface area contributed by atoms with Crippen molar-refractivity contribution in [2.45, 2.75) is 46.3 Å². The third kappa shape index (κ3) is 5.74. The molecule has 1 aliphatic rings. The molecule has 0 unspecified atom stereocenters. The fourth-order valence-electron chi connectivity index (χ4n) is 3.00. The average Bonchev–Trinajstić information content (AvgIpc) is 3.09. The van der Waals surface area contributed by atoms with E-state index >= 15 is 0 Å². The van der Waals surface area contributed by atoms with Gasteiger partial charge in [-0.15, -0.1) is 0 Å². The summed E-state index contributed by atoms with van der Waals surface area (Å²) in [6.45, 7) is 8.14. The molecule has 0 atom stereocenters. The van der Waals surface area contributed by atoms with Crippen LogP contribution in [0.4, 0.5) is 15.4 Å². The quantitative estimate of drug-likeness (QED) is 0.562. The number of anilines is 1. The van der Waals surface area contributed by atoms with Crippen molar-refractivity contribution < 1.29 is 28.6 Å². The molecule has 166 valence electrons. The SMILES string of the molecule is CCOC(=O)Oc1ccc(C(=O)Nc2n[nH]c3c2CCN(C(=O)OC(C)(C)C)C3)cc1. The summed E-state index contributed by atoms with van der Waals surface area (Å²) >= 11 is 0. The van der Waals surface area contributed by atoms with Gasteiger partial charge in [0.25, 0.3) is 5.91 Å². The zero-order chi connectivity index (χ0) is 22.6. The first-order valence-corrected chi connectivity index (χ1v) is 9.96. The summed E-state index contributed by atoms with van der Waals surface area (Å²) in [4.78, 5) is 37.8. The Morgan fingerprint density at radius 2 is 1.90 bits per heavy atom. The van der Waals surface area contributed by atoms with E-state index in [4.69, 9.17) is 14.2 Å². The number of nitrogens with zero attached hydrogens (tertiary/aromatic N) is 2. The molecular weight excluding hydrogens is 404 g/mol. The van der Waals surface area contributed by atoms with E-state index in [0.717, 1.165) is 11.3 Å². The van der Waals surface area contributed by atoms with Crippen LogP contribution in [0.25, 0.3) is 0 Å². The van der Waals surface area contributed by atoms with E-state index in [2.05, 4.69) is 15.5 Å². The van der Waals surface area contributed by atoms with Gasteiger partial charge >= 0.3 is 12.2 Å². The Kier molecular flexibility index (Phi) is 6.47. The number of aromatic nitrogens is 2. The lowest BCUT2D eigenvalue weighted by Gasteiger charge is -2.29. The van der Waals surface area contributed by atoms with Gasteiger partial charge < -0.3 is 24.4 Å². The maximum atomic E-state index is 12.6. The van der Waals surface area contributed by atoms with Gasteiger partial charge in [0.2, 0.25) is 0 Å². The van der Waals surface area contributed by atoms with Gasteiger partial charge in [-0.3, -0.25) is 9.89 Å². The predicted octanol–water partition coefficient (Wildman–Crippen LogP) is 3.49. The number of aromatic amines is 1. The molecule has 1 aromatic heterocycles. The molecule has 2 aromatic rings. The lowest BCUT2D eigenvalue weighted by Crippen LogP contribution is -2.39. The lowest BCUT2D eigenvalue weighted by atomic mass is 10.1. The van der Waals surface area contributed by atoms with Gasteiger partial charge in [0.15, 0.2) is 5.82 Å². The topological polar surface area (TPSA) is 123 Å². The van der Waals surface area contributed by atoms with Crippen LogP contribution >= 0.6 is 0 Å². The largest absolute Gasteiger partial charge is 0.513 e. The van der Waals surface area contributed by atoms with Crippen molar-refractivity contribution in [3.8, 4) is 5.75 Å². The van der Waals surface area contributed by atoms with E-state index in [9.17, 15) is 14.4 Å². The number of carbonyl (C=O) groups excluding carboxylic acids is 3. The van der Waals surface area contributed by atoms with E-state index in [0.29, 0.717) is 30.9 Å². The zero-order valence-corrected chi connectivity index (χ0v) is 18.0. The first-order valence-electron chi connectivity index (χ1n) is 9.96. The van der Waals surface area contributed by atoms with Crippen LogP contribution in [-0.2, 0) is 22.4 Å². The van der Waals surface area contributed by atoms with Crippen molar-refractivity contribution >= 4 is 24.0 Å². The third-order valence-electron chi connectivity index (χ3n) is 4.40. The third-order valence-corrected chi connectivity index (χ3v) is 4.40. The Morgan fingerprint density at radius 3 is 2.55 bits per heavy atom. The number of hydrogen-bond acceptors (Lipinski definition) is 7. The molecule has 10 nitrogen and oxygen atoms in total. The molecule has 0 bridgehead atoms. The van der Waals surface area contributed by atoms with Gasteiger partial charge in [-0.05, 0) is 58.4 Å². The molecule has 2 amide bonds. The predicted molar refractivity (Wildman–Crippen MR) is 111 cm³/mol. The molecule has 31 heavy (non-hydrogen) atoms. The zero-order valence-electron chi connectivity index (χ0n) is 18.0. The molecule has 10 heteroatoms. The van der Waals surface area contributed by atoms with Gasteiger partial charge in [0.1, 0.15) is 11.4 Å². The second-order valence-electron chi connectivity index (χ2n) is 7.94. The van der Waals surface area contributed by atoms with Crippen LogP contribution in [0.3, 0.4) is 0 Å². The van der Waals surface area contributed by atoms with Crippen molar-refractivity contribution in [3.63, 3.8) is 0 Å². The number of nitrogens with one attached hydrogen (secondary N) is 2. The van der Waals surface area contributed by atoms with E-state index in [1.807, 2.05) is 20.8 Å². The summed E-state index contributed by atoms with van der Waals surface area (Å²) in [5, 5.41) is 9.86. The first-order chi connectivity index (χ1) is 14.7. The molecule has 0 aliphatic carbocycles. The molecule has 1 aliphatic heterocycles. The minimum Gasteiger partial charge on any atom is -0.444 e. The Balaban J connectivity index is 1.61. The number of carbonyl (C=O) groups is 3. The fourth-order valence-corrected chi connectivity index (χ4v) is 3.00. The summed E-state index contributed by atoms with van der Waals surface area (Å²) in [6.07, 6.45) is -0.653. The number of fused-ring (bicyclic) bond motifs is 1. The number of rotatable bonds is 4. The summed E-state index contributed by atoms with van der Waals surface area (Å²) in [5.74, 6) is 0.344. The smallest absolute Gasteiger partial charge is 0.444 e. The average molecular weight is 430 g/mol. The second-order valence-corrected chi connectivity index (χ2v) is 7.94. The molecule has 0 saturated carbocycles. The molecule has 0 fully saturated rings.